The van der Waals surface area contributed by atoms with Crippen LogP contribution in [-0.2, 0) is 11.3 Å². The van der Waals surface area contributed by atoms with Gasteiger partial charge in [-0.1, -0.05) is 24.3 Å². The first-order valence-corrected chi connectivity index (χ1v) is 8.74. The summed E-state index contributed by atoms with van der Waals surface area (Å²) in [7, 11) is 1.58. The fourth-order valence-corrected chi connectivity index (χ4v) is 3.38. The average molecular weight is 353 g/mol. The summed E-state index contributed by atoms with van der Waals surface area (Å²) >= 11 is 0. The van der Waals surface area contributed by atoms with Gasteiger partial charge >= 0.3 is 0 Å². The predicted octanol–water partition coefficient (Wildman–Crippen LogP) is 3.77. The van der Waals surface area contributed by atoms with Crippen molar-refractivity contribution in [2.45, 2.75) is 32.9 Å². The van der Waals surface area contributed by atoms with Crippen LogP contribution >= 0.6 is 0 Å². The molecule has 0 saturated carbocycles. The molecule has 2 aromatic carbocycles. The minimum Gasteiger partial charge on any atom is -0.493 e. The lowest BCUT2D eigenvalue weighted by Crippen LogP contribution is -2.30. The first-order chi connectivity index (χ1) is 12.5. The lowest BCUT2D eigenvalue weighted by Gasteiger charge is -2.28. The second kappa shape index (κ2) is 7.60. The number of hydrogen-bond acceptors (Lipinski definition) is 4. The largest absolute Gasteiger partial charge is 0.493 e. The number of amides is 1. The number of carbonyl (C=O) groups excluding carboxylic acids is 2. The van der Waals surface area contributed by atoms with Crippen molar-refractivity contribution in [3.05, 3.63) is 59.2 Å². The van der Waals surface area contributed by atoms with E-state index in [1.807, 2.05) is 49.4 Å². The molecule has 3 rings (SSSR count). The molecule has 1 aliphatic rings. The molecular formula is C21H23NO4. The van der Waals surface area contributed by atoms with Gasteiger partial charge < -0.3 is 14.4 Å². The summed E-state index contributed by atoms with van der Waals surface area (Å²) in [6, 6.07) is 12.8. The highest BCUT2D eigenvalue weighted by molar-refractivity contribution is 5.98. The molecule has 2 aromatic rings. The van der Waals surface area contributed by atoms with Crippen LogP contribution in [0, 0.1) is 0 Å². The number of Topliss-reactive ketones (excluding diaryl/α,β-unsaturated/α-hetero) is 1. The van der Waals surface area contributed by atoms with Gasteiger partial charge in [0.05, 0.1) is 19.8 Å². The molecule has 0 fully saturated rings. The molecule has 26 heavy (non-hydrogen) atoms. The van der Waals surface area contributed by atoms with Gasteiger partial charge in [-0.2, -0.15) is 0 Å². The summed E-state index contributed by atoms with van der Waals surface area (Å²) in [5.74, 6) is 1.24. The minimum absolute atomic E-state index is 0.0339. The van der Waals surface area contributed by atoms with Crippen molar-refractivity contribution in [2.75, 3.05) is 13.7 Å². The zero-order chi connectivity index (χ0) is 18.7. The van der Waals surface area contributed by atoms with E-state index >= 15 is 0 Å². The van der Waals surface area contributed by atoms with Crippen LogP contribution < -0.4 is 9.47 Å². The summed E-state index contributed by atoms with van der Waals surface area (Å²) < 4.78 is 11.0. The van der Waals surface area contributed by atoms with Crippen molar-refractivity contribution in [2.24, 2.45) is 0 Å². The van der Waals surface area contributed by atoms with Gasteiger partial charge in [0.1, 0.15) is 5.78 Å². The third-order valence-electron chi connectivity index (χ3n) is 4.58. The Bertz CT molecular complexity index is 831. The Balaban J connectivity index is 1.97. The molecule has 1 amide bonds. The van der Waals surface area contributed by atoms with Gasteiger partial charge in [-0.05, 0) is 43.2 Å². The van der Waals surface area contributed by atoms with Crippen molar-refractivity contribution in [3.8, 4) is 11.5 Å². The number of hydrogen-bond donors (Lipinski definition) is 0. The number of rotatable bonds is 7. The Hall–Kier alpha value is -2.82. The second-order valence-electron chi connectivity index (χ2n) is 6.36. The number of nitrogens with zero attached hydrogens (tertiary/aromatic N) is 1. The smallest absolute Gasteiger partial charge is 0.255 e. The molecule has 1 unspecified atom stereocenters. The van der Waals surface area contributed by atoms with Crippen molar-refractivity contribution >= 4 is 11.7 Å². The van der Waals surface area contributed by atoms with Gasteiger partial charge in [-0.15, -0.1) is 0 Å². The van der Waals surface area contributed by atoms with Crippen LogP contribution in [0.25, 0.3) is 0 Å². The molecular weight excluding hydrogens is 330 g/mol. The number of fused-ring (bicyclic) bond motifs is 1. The Morgan fingerprint density at radius 3 is 2.62 bits per heavy atom. The Morgan fingerprint density at radius 1 is 1.19 bits per heavy atom. The Morgan fingerprint density at radius 2 is 1.96 bits per heavy atom. The lowest BCUT2D eigenvalue weighted by molar-refractivity contribution is -0.118. The second-order valence-corrected chi connectivity index (χ2v) is 6.36. The average Bonchev–Trinajstić information content (AvgIpc) is 2.97. The highest BCUT2D eigenvalue weighted by atomic mass is 16.5. The summed E-state index contributed by atoms with van der Waals surface area (Å²) in [6.07, 6.45) is 0.261. The van der Waals surface area contributed by atoms with Gasteiger partial charge in [0.25, 0.3) is 5.91 Å². The molecule has 136 valence electrons. The normalized spacial score (nSPS) is 14.1. The first-order valence-electron chi connectivity index (χ1n) is 8.74. The molecule has 5 nitrogen and oxygen atoms in total. The fourth-order valence-electron chi connectivity index (χ4n) is 3.38. The maximum absolute atomic E-state index is 12.9. The number of carbonyl (C=O) groups is 2. The maximum Gasteiger partial charge on any atom is 0.255 e. The molecule has 1 heterocycles. The highest BCUT2D eigenvalue weighted by Crippen LogP contribution is 2.37. The highest BCUT2D eigenvalue weighted by Gasteiger charge is 2.34. The number of methoxy groups -OCH3 is 1. The third kappa shape index (κ3) is 3.43. The zero-order valence-electron chi connectivity index (χ0n) is 15.3. The molecule has 5 heteroatoms. The SMILES string of the molecule is CCOc1ccc(C(CC(C)=O)N2Cc3ccccc3C2=O)cc1OC. The predicted molar refractivity (Wildman–Crippen MR) is 98.5 cm³/mol. The van der Waals surface area contributed by atoms with E-state index in [2.05, 4.69) is 0 Å². The van der Waals surface area contributed by atoms with Crippen molar-refractivity contribution in [3.63, 3.8) is 0 Å². The Labute approximate surface area is 153 Å². The monoisotopic (exact) mass is 353 g/mol. The lowest BCUT2D eigenvalue weighted by atomic mass is 9.99. The van der Waals surface area contributed by atoms with Crippen molar-refractivity contribution in [1.82, 2.24) is 4.90 Å². The summed E-state index contributed by atoms with van der Waals surface area (Å²) in [6.45, 7) is 4.49. The van der Waals surface area contributed by atoms with Crippen LogP contribution in [-0.4, -0.2) is 30.3 Å². The van der Waals surface area contributed by atoms with Gasteiger partial charge in [0.2, 0.25) is 0 Å². The summed E-state index contributed by atoms with van der Waals surface area (Å²) in [4.78, 5) is 26.5. The van der Waals surface area contributed by atoms with E-state index in [-0.39, 0.29) is 24.2 Å². The molecule has 1 aliphatic heterocycles. The van der Waals surface area contributed by atoms with E-state index in [1.165, 1.54) is 0 Å². The summed E-state index contributed by atoms with van der Waals surface area (Å²) in [5, 5.41) is 0. The molecule has 0 aliphatic carbocycles. The molecule has 0 spiro atoms. The van der Waals surface area contributed by atoms with E-state index in [0.717, 1.165) is 11.1 Å². The molecule has 0 radical (unpaired) electrons. The third-order valence-corrected chi connectivity index (χ3v) is 4.58. The Kier molecular flexibility index (Phi) is 5.26. The zero-order valence-corrected chi connectivity index (χ0v) is 15.3. The molecule has 0 bridgehead atoms. The van der Waals surface area contributed by atoms with Gasteiger partial charge in [0, 0.05) is 18.5 Å². The van der Waals surface area contributed by atoms with Gasteiger partial charge in [0.15, 0.2) is 11.5 Å². The van der Waals surface area contributed by atoms with Gasteiger partial charge in [-0.25, -0.2) is 0 Å². The quantitative estimate of drug-likeness (QED) is 0.760. The fraction of sp³-hybridized carbons (Fsp3) is 0.333. The van der Waals surface area contributed by atoms with Crippen molar-refractivity contribution < 1.29 is 19.1 Å². The van der Waals surface area contributed by atoms with Crippen LogP contribution in [0.5, 0.6) is 11.5 Å². The minimum atomic E-state index is -0.336. The van der Waals surface area contributed by atoms with Crippen LogP contribution in [0.15, 0.2) is 42.5 Å². The maximum atomic E-state index is 12.9. The van der Waals surface area contributed by atoms with E-state index in [1.54, 1.807) is 18.9 Å². The first kappa shape index (κ1) is 18.0. The number of ketones is 1. The van der Waals surface area contributed by atoms with Crippen LogP contribution in [0.4, 0.5) is 0 Å². The molecule has 1 atom stereocenters. The number of ether oxygens (including phenoxy) is 2. The van der Waals surface area contributed by atoms with Crippen molar-refractivity contribution in [1.29, 1.82) is 0 Å². The number of benzene rings is 2. The van der Waals surface area contributed by atoms with E-state index in [4.69, 9.17) is 9.47 Å². The van der Waals surface area contributed by atoms with Crippen LogP contribution in [0.3, 0.4) is 0 Å². The van der Waals surface area contributed by atoms with Gasteiger partial charge in [-0.3, -0.25) is 9.59 Å². The summed E-state index contributed by atoms with van der Waals surface area (Å²) in [5.41, 5.74) is 2.56. The van der Waals surface area contributed by atoms with E-state index in [0.29, 0.717) is 30.2 Å². The standard InChI is InChI=1S/C21H23NO4/c1-4-26-19-10-9-15(12-20(19)25-3)18(11-14(2)23)22-13-16-7-5-6-8-17(16)21(22)24/h5-10,12,18H,4,11,13H2,1-3H3. The topological polar surface area (TPSA) is 55.8 Å². The van der Waals surface area contributed by atoms with Crippen LogP contribution in [0.1, 0.15) is 47.8 Å². The molecule has 0 aromatic heterocycles. The van der Waals surface area contributed by atoms with E-state index < -0.39 is 0 Å². The molecule has 0 saturated heterocycles. The molecule has 0 N–H and O–H groups in total. The van der Waals surface area contributed by atoms with Crippen LogP contribution in [0.2, 0.25) is 0 Å². The van der Waals surface area contributed by atoms with E-state index in [9.17, 15) is 9.59 Å².